The summed E-state index contributed by atoms with van der Waals surface area (Å²) in [5, 5.41) is 10.9. The Balaban J connectivity index is 2.33. The van der Waals surface area contributed by atoms with Crippen LogP contribution in [0.5, 0.6) is 0 Å². The van der Waals surface area contributed by atoms with Gasteiger partial charge in [0, 0.05) is 19.8 Å². The maximum atomic E-state index is 12.2. The summed E-state index contributed by atoms with van der Waals surface area (Å²) in [5.74, 6) is 0.260. The monoisotopic (exact) mass is 248 g/mol. The Morgan fingerprint density at radius 3 is 2.44 bits per heavy atom. The first-order chi connectivity index (χ1) is 8.41. The first-order valence-electron chi connectivity index (χ1n) is 5.50. The summed E-state index contributed by atoms with van der Waals surface area (Å²) in [5.41, 5.74) is 8.23. The number of nitrogens with one attached hydrogen (secondary N) is 1. The molecule has 0 aliphatic rings. The van der Waals surface area contributed by atoms with Crippen LogP contribution in [0.2, 0.25) is 0 Å². The normalized spacial score (nSPS) is 10.7. The number of nitrogens with zero attached hydrogens (tertiary/aromatic N) is 4. The fourth-order valence-electron chi connectivity index (χ4n) is 1.88. The van der Waals surface area contributed by atoms with E-state index in [4.69, 9.17) is 5.73 Å². The van der Waals surface area contributed by atoms with E-state index in [0.717, 1.165) is 5.69 Å². The Morgan fingerprint density at radius 1 is 1.33 bits per heavy atom. The summed E-state index contributed by atoms with van der Waals surface area (Å²) in [6, 6.07) is 0. The maximum absolute atomic E-state index is 12.2. The van der Waals surface area contributed by atoms with Crippen molar-refractivity contribution in [2.75, 3.05) is 11.1 Å². The number of hydrogen-bond donors (Lipinski definition) is 2. The average molecular weight is 248 g/mol. The number of aryl methyl sites for hydroxylation is 3. The van der Waals surface area contributed by atoms with E-state index >= 15 is 0 Å². The molecule has 2 aromatic heterocycles. The summed E-state index contributed by atoms with van der Waals surface area (Å²) in [7, 11) is 3.52. The molecule has 1 amide bonds. The lowest BCUT2D eigenvalue weighted by Gasteiger charge is -2.06. The van der Waals surface area contributed by atoms with Crippen LogP contribution in [0.15, 0.2) is 6.20 Å². The zero-order chi connectivity index (χ0) is 13.4. The largest absolute Gasteiger partial charge is 0.394 e. The van der Waals surface area contributed by atoms with Gasteiger partial charge >= 0.3 is 0 Å². The van der Waals surface area contributed by atoms with Crippen LogP contribution in [-0.4, -0.2) is 25.5 Å². The Morgan fingerprint density at radius 2 is 2.00 bits per heavy atom. The van der Waals surface area contributed by atoms with Crippen molar-refractivity contribution >= 4 is 17.4 Å². The van der Waals surface area contributed by atoms with Crippen molar-refractivity contribution in [2.24, 2.45) is 14.1 Å². The van der Waals surface area contributed by atoms with Gasteiger partial charge in [0.25, 0.3) is 5.91 Å². The second-order valence-corrected chi connectivity index (χ2v) is 4.20. The minimum absolute atomic E-state index is 0.228. The predicted molar refractivity (Wildman–Crippen MR) is 68.3 cm³/mol. The summed E-state index contributed by atoms with van der Waals surface area (Å²) in [6.07, 6.45) is 1.50. The zero-order valence-corrected chi connectivity index (χ0v) is 10.9. The van der Waals surface area contributed by atoms with Gasteiger partial charge in [-0.25, -0.2) is 0 Å². The molecule has 0 aliphatic heterocycles. The van der Waals surface area contributed by atoms with Crippen molar-refractivity contribution < 1.29 is 4.79 Å². The predicted octanol–water partition coefficient (Wildman–Crippen LogP) is 0.605. The number of nitrogens with two attached hydrogens (primary N) is 1. The number of hydrogen-bond acceptors (Lipinski definition) is 4. The molecule has 7 heteroatoms. The standard InChI is InChI=1S/C11H16N6O/c1-6-9(7(2)16(3)15-6)11(18)14-10-8(12)5-13-17(10)4/h5H,12H2,1-4H3,(H,14,18). The summed E-state index contributed by atoms with van der Waals surface area (Å²) < 4.78 is 3.20. The minimum atomic E-state index is -0.228. The molecule has 0 aliphatic carbocycles. The second-order valence-electron chi connectivity index (χ2n) is 4.20. The maximum Gasteiger partial charge on any atom is 0.260 e. The second kappa shape index (κ2) is 4.17. The SMILES string of the molecule is Cc1nn(C)c(C)c1C(=O)Nc1c(N)cnn1C. The van der Waals surface area contributed by atoms with Gasteiger partial charge in [-0.3, -0.25) is 14.2 Å². The van der Waals surface area contributed by atoms with Crippen LogP contribution in [0.1, 0.15) is 21.7 Å². The van der Waals surface area contributed by atoms with E-state index in [1.165, 1.54) is 10.9 Å². The lowest BCUT2D eigenvalue weighted by Crippen LogP contribution is -2.17. The number of carbonyl (C=O) groups is 1. The van der Waals surface area contributed by atoms with Gasteiger partial charge in [0.05, 0.1) is 23.1 Å². The molecule has 2 aromatic rings. The van der Waals surface area contributed by atoms with Gasteiger partial charge in [-0.2, -0.15) is 10.2 Å². The van der Waals surface area contributed by atoms with Crippen LogP contribution < -0.4 is 11.1 Å². The topological polar surface area (TPSA) is 90.8 Å². The molecule has 2 rings (SSSR count). The molecule has 0 bridgehead atoms. The molecule has 0 atom stereocenters. The third-order valence-corrected chi connectivity index (χ3v) is 2.94. The van der Waals surface area contributed by atoms with Crippen LogP contribution in [0.25, 0.3) is 0 Å². The van der Waals surface area contributed by atoms with Crippen LogP contribution in [0, 0.1) is 13.8 Å². The molecule has 0 unspecified atom stereocenters. The Bertz CT molecular complexity index is 590. The van der Waals surface area contributed by atoms with E-state index in [1.807, 2.05) is 6.92 Å². The van der Waals surface area contributed by atoms with Gasteiger partial charge in [-0.15, -0.1) is 0 Å². The van der Waals surface area contributed by atoms with E-state index in [0.29, 0.717) is 22.8 Å². The lowest BCUT2D eigenvalue weighted by atomic mass is 10.2. The van der Waals surface area contributed by atoms with Crippen LogP contribution in [0.4, 0.5) is 11.5 Å². The Hall–Kier alpha value is -2.31. The summed E-state index contributed by atoms with van der Waals surface area (Å²) in [6.45, 7) is 3.65. The van der Waals surface area contributed by atoms with E-state index in [9.17, 15) is 4.79 Å². The van der Waals surface area contributed by atoms with Gasteiger partial charge in [0.15, 0.2) is 5.82 Å². The highest BCUT2D eigenvalue weighted by atomic mass is 16.1. The molecule has 0 saturated heterocycles. The molecule has 2 heterocycles. The minimum Gasteiger partial charge on any atom is -0.394 e. The van der Waals surface area contributed by atoms with Crippen LogP contribution >= 0.6 is 0 Å². The van der Waals surface area contributed by atoms with Crippen molar-refractivity contribution in [3.05, 3.63) is 23.1 Å². The van der Waals surface area contributed by atoms with Crippen molar-refractivity contribution in [2.45, 2.75) is 13.8 Å². The third-order valence-electron chi connectivity index (χ3n) is 2.94. The lowest BCUT2D eigenvalue weighted by molar-refractivity contribution is 0.102. The quantitative estimate of drug-likeness (QED) is 0.814. The highest BCUT2D eigenvalue weighted by Gasteiger charge is 2.19. The molecule has 7 nitrogen and oxygen atoms in total. The molecular weight excluding hydrogens is 232 g/mol. The molecule has 3 N–H and O–H groups in total. The van der Waals surface area contributed by atoms with Crippen LogP contribution in [0.3, 0.4) is 0 Å². The molecule has 0 radical (unpaired) electrons. The summed E-state index contributed by atoms with van der Waals surface area (Å²) in [4.78, 5) is 12.2. The Labute approximate surface area is 105 Å². The van der Waals surface area contributed by atoms with Crippen LogP contribution in [-0.2, 0) is 14.1 Å². The van der Waals surface area contributed by atoms with Crippen molar-refractivity contribution in [1.82, 2.24) is 19.6 Å². The van der Waals surface area contributed by atoms with E-state index in [1.54, 1.807) is 25.7 Å². The molecule has 0 fully saturated rings. The first-order valence-corrected chi connectivity index (χ1v) is 5.50. The molecule has 0 saturated carbocycles. The number of carbonyl (C=O) groups excluding carboxylic acids is 1. The van der Waals surface area contributed by atoms with Crippen molar-refractivity contribution in [3.63, 3.8) is 0 Å². The number of aromatic nitrogens is 4. The van der Waals surface area contributed by atoms with E-state index < -0.39 is 0 Å². The number of anilines is 2. The first kappa shape index (κ1) is 12.2. The number of amides is 1. The van der Waals surface area contributed by atoms with Gasteiger partial charge in [0.1, 0.15) is 0 Å². The average Bonchev–Trinajstić information content (AvgIpc) is 2.73. The van der Waals surface area contributed by atoms with Gasteiger partial charge in [0.2, 0.25) is 0 Å². The van der Waals surface area contributed by atoms with Gasteiger partial charge in [-0.1, -0.05) is 0 Å². The van der Waals surface area contributed by atoms with Gasteiger partial charge in [-0.05, 0) is 13.8 Å². The van der Waals surface area contributed by atoms with E-state index in [2.05, 4.69) is 15.5 Å². The molecule has 96 valence electrons. The van der Waals surface area contributed by atoms with E-state index in [-0.39, 0.29) is 5.91 Å². The smallest absolute Gasteiger partial charge is 0.260 e. The fourth-order valence-corrected chi connectivity index (χ4v) is 1.88. The number of rotatable bonds is 2. The highest BCUT2D eigenvalue weighted by molar-refractivity contribution is 6.06. The molecule has 0 spiro atoms. The molecule has 18 heavy (non-hydrogen) atoms. The van der Waals surface area contributed by atoms with Gasteiger partial charge < -0.3 is 11.1 Å². The number of nitrogen functional groups attached to an aromatic ring is 1. The highest BCUT2D eigenvalue weighted by Crippen LogP contribution is 2.19. The van der Waals surface area contributed by atoms with Crippen molar-refractivity contribution in [3.8, 4) is 0 Å². The third kappa shape index (κ3) is 1.83. The molecule has 0 aromatic carbocycles. The molecular formula is C11H16N6O. The fraction of sp³-hybridized carbons (Fsp3) is 0.364. The zero-order valence-electron chi connectivity index (χ0n) is 10.9. The summed E-state index contributed by atoms with van der Waals surface area (Å²) >= 11 is 0. The Kier molecular flexibility index (Phi) is 2.82. The van der Waals surface area contributed by atoms with Crippen molar-refractivity contribution in [1.29, 1.82) is 0 Å².